The Kier molecular flexibility index (Phi) is 4.77. The van der Waals surface area contributed by atoms with Crippen molar-refractivity contribution in [3.8, 4) is 5.75 Å². The van der Waals surface area contributed by atoms with Crippen molar-refractivity contribution in [1.82, 2.24) is 5.43 Å². The van der Waals surface area contributed by atoms with Crippen molar-refractivity contribution in [3.05, 3.63) is 65.2 Å². The Morgan fingerprint density at radius 3 is 2.45 bits per heavy atom. The molecule has 0 bridgehead atoms. The van der Waals surface area contributed by atoms with E-state index in [-0.39, 0.29) is 12.1 Å². The van der Waals surface area contributed by atoms with E-state index >= 15 is 0 Å². The van der Waals surface area contributed by atoms with Crippen molar-refractivity contribution >= 4 is 0 Å². The van der Waals surface area contributed by atoms with E-state index < -0.39 is 0 Å². The van der Waals surface area contributed by atoms with Gasteiger partial charge in [0.15, 0.2) is 0 Å². The second kappa shape index (κ2) is 6.55. The van der Waals surface area contributed by atoms with E-state index in [1.807, 2.05) is 44.2 Å². The standard InChI is InChI=1S/C17H22N2O/c1-12(2)20-15-9-6-8-14(11-15)17(19-18)16-10-5-4-7-13(16)3/h4-12,17,19H,18H2,1-3H3. The summed E-state index contributed by atoms with van der Waals surface area (Å²) in [5.41, 5.74) is 6.39. The predicted octanol–water partition coefficient (Wildman–Crippen LogP) is 3.33. The smallest absolute Gasteiger partial charge is 0.120 e. The third-order valence-corrected chi connectivity index (χ3v) is 3.23. The van der Waals surface area contributed by atoms with Crippen LogP contribution < -0.4 is 16.0 Å². The number of nitrogens with two attached hydrogens (primary N) is 1. The molecule has 0 saturated carbocycles. The van der Waals surface area contributed by atoms with Gasteiger partial charge in [-0.3, -0.25) is 5.84 Å². The Morgan fingerprint density at radius 2 is 1.80 bits per heavy atom. The van der Waals surface area contributed by atoms with Gasteiger partial charge in [-0.2, -0.15) is 0 Å². The van der Waals surface area contributed by atoms with Crippen molar-refractivity contribution in [3.63, 3.8) is 0 Å². The first-order valence-electron chi connectivity index (χ1n) is 6.90. The minimum atomic E-state index is -0.0353. The number of nitrogens with one attached hydrogen (secondary N) is 1. The fourth-order valence-electron chi connectivity index (χ4n) is 2.32. The average Bonchev–Trinajstić information content (AvgIpc) is 2.41. The molecule has 2 rings (SSSR count). The first-order chi connectivity index (χ1) is 9.61. The van der Waals surface area contributed by atoms with Gasteiger partial charge in [-0.05, 0) is 49.6 Å². The Labute approximate surface area is 120 Å². The summed E-state index contributed by atoms with van der Waals surface area (Å²) in [6.45, 7) is 6.13. The SMILES string of the molecule is Cc1ccccc1C(NN)c1cccc(OC(C)C)c1. The number of aryl methyl sites for hydroxylation is 1. The molecule has 1 unspecified atom stereocenters. The van der Waals surface area contributed by atoms with Gasteiger partial charge >= 0.3 is 0 Å². The Hall–Kier alpha value is -1.84. The maximum absolute atomic E-state index is 5.77. The molecule has 0 radical (unpaired) electrons. The van der Waals surface area contributed by atoms with Crippen LogP contribution in [0.3, 0.4) is 0 Å². The summed E-state index contributed by atoms with van der Waals surface area (Å²) in [4.78, 5) is 0. The topological polar surface area (TPSA) is 47.3 Å². The Balaban J connectivity index is 2.35. The summed E-state index contributed by atoms with van der Waals surface area (Å²) in [6.07, 6.45) is 0.160. The van der Waals surface area contributed by atoms with Crippen LogP contribution in [0.2, 0.25) is 0 Å². The van der Waals surface area contributed by atoms with E-state index in [0.29, 0.717) is 0 Å². The maximum Gasteiger partial charge on any atom is 0.120 e. The molecular formula is C17H22N2O. The molecule has 0 spiro atoms. The maximum atomic E-state index is 5.77. The third-order valence-electron chi connectivity index (χ3n) is 3.23. The number of rotatable bonds is 5. The highest BCUT2D eigenvalue weighted by Gasteiger charge is 2.15. The number of ether oxygens (including phenoxy) is 1. The summed E-state index contributed by atoms with van der Waals surface area (Å²) < 4.78 is 5.75. The van der Waals surface area contributed by atoms with Crippen molar-refractivity contribution in [1.29, 1.82) is 0 Å². The fraction of sp³-hybridized carbons (Fsp3) is 0.294. The quantitative estimate of drug-likeness (QED) is 0.647. The predicted molar refractivity (Wildman–Crippen MR) is 82.6 cm³/mol. The zero-order chi connectivity index (χ0) is 14.5. The Morgan fingerprint density at radius 1 is 1.05 bits per heavy atom. The Bertz CT molecular complexity index is 566. The normalized spacial score (nSPS) is 12.4. The van der Waals surface area contributed by atoms with Gasteiger partial charge < -0.3 is 4.74 Å². The first kappa shape index (κ1) is 14.6. The highest BCUT2D eigenvalue weighted by molar-refractivity contribution is 5.39. The molecule has 2 aromatic rings. The van der Waals surface area contributed by atoms with Gasteiger partial charge in [0, 0.05) is 0 Å². The molecular weight excluding hydrogens is 248 g/mol. The molecule has 3 N–H and O–H groups in total. The second-order valence-electron chi connectivity index (χ2n) is 5.20. The minimum absolute atomic E-state index is 0.0353. The summed E-state index contributed by atoms with van der Waals surface area (Å²) in [7, 11) is 0. The summed E-state index contributed by atoms with van der Waals surface area (Å²) in [5, 5.41) is 0. The lowest BCUT2D eigenvalue weighted by Crippen LogP contribution is -2.29. The molecule has 0 aliphatic rings. The molecule has 106 valence electrons. The molecule has 0 aliphatic heterocycles. The summed E-state index contributed by atoms with van der Waals surface area (Å²) in [5.74, 6) is 6.63. The van der Waals surface area contributed by atoms with Crippen LogP contribution >= 0.6 is 0 Å². The fourth-order valence-corrected chi connectivity index (χ4v) is 2.32. The van der Waals surface area contributed by atoms with Crippen molar-refractivity contribution in [2.75, 3.05) is 0 Å². The molecule has 0 aromatic heterocycles. The molecule has 0 amide bonds. The summed E-state index contributed by atoms with van der Waals surface area (Å²) >= 11 is 0. The van der Waals surface area contributed by atoms with Gasteiger partial charge in [0.2, 0.25) is 0 Å². The van der Waals surface area contributed by atoms with E-state index in [1.165, 1.54) is 11.1 Å². The first-order valence-corrected chi connectivity index (χ1v) is 6.90. The number of benzene rings is 2. The summed E-state index contributed by atoms with van der Waals surface area (Å²) in [6, 6.07) is 16.3. The van der Waals surface area contributed by atoms with E-state index in [4.69, 9.17) is 10.6 Å². The number of hydrogen-bond acceptors (Lipinski definition) is 3. The van der Waals surface area contributed by atoms with Crippen LogP contribution in [0.1, 0.15) is 36.6 Å². The molecule has 0 aliphatic carbocycles. The molecule has 1 atom stereocenters. The van der Waals surface area contributed by atoms with Crippen LogP contribution in [0.15, 0.2) is 48.5 Å². The van der Waals surface area contributed by atoms with E-state index in [2.05, 4.69) is 30.5 Å². The third kappa shape index (κ3) is 3.38. The van der Waals surface area contributed by atoms with Gasteiger partial charge in [-0.25, -0.2) is 5.43 Å². The molecule has 2 aromatic carbocycles. The van der Waals surface area contributed by atoms with Crippen LogP contribution in [0.4, 0.5) is 0 Å². The lowest BCUT2D eigenvalue weighted by Gasteiger charge is -2.20. The molecule has 3 nitrogen and oxygen atoms in total. The lowest BCUT2D eigenvalue weighted by atomic mass is 9.95. The van der Waals surface area contributed by atoms with Crippen LogP contribution in [-0.4, -0.2) is 6.10 Å². The molecule has 0 heterocycles. The second-order valence-corrected chi connectivity index (χ2v) is 5.20. The molecule has 20 heavy (non-hydrogen) atoms. The van der Waals surface area contributed by atoms with Crippen LogP contribution in [0, 0.1) is 6.92 Å². The van der Waals surface area contributed by atoms with Crippen molar-refractivity contribution < 1.29 is 4.74 Å². The number of hydrogen-bond donors (Lipinski definition) is 2. The average molecular weight is 270 g/mol. The van der Waals surface area contributed by atoms with Crippen LogP contribution in [0.25, 0.3) is 0 Å². The zero-order valence-corrected chi connectivity index (χ0v) is 12.3. The molecule has 3 heteroatoms. The van der Waals surface area contributed by atoms with E-state index in [1.54, 1.807) is 0 Å². The minimum Gasteiger partial charge on any atom is -0.491 e. The van der Waals surface area contributed by atoms with Gasteiger partial charge in [0.25, 0.3) is 0 Å². The van der Waals surface area contributed by atoms with E-state index in [0.717, 1.165) is 11.3 Å². The zero-order valence-electron chi connectivity index (χ0n) is 12.3. The molecule has 0 fully saturated rings. The monoisotopic (exact) mass is 270 g/mol. The van der Waals surface area contributed by atoms with Gasteiger partial charge in [0.05, 0.1) is 12.1 Å². The van der Waals surface area contributed by atoms with Gasteiger partial charge in [-0.1, -0.05) is 36.4 Å². The van der Waals surface area contributed by atoms with Crippen molar-refractivity contribution in [2.24, 2.45) is 5.84 Å². The van der Waals surface area contributed by atoms with Crippen molar-refractivity contribution in [2.45, 2.75) is 32.9 Å². The number of hydrazine groups is 1. The van der Waals surface area contributed by atoms with Crippen LogP contribution in [0.5, 0.6) is 5.75 Å². The van der Waals surface area contributed by atoms with Gasteiger partial charge in [-0.15, -0.1) is 0 Å². The van der Waals surface area contributed by atoms with E-state index in [9.17, 15) is 0 Å². The highest BCUT2D eigenvalue weighted by Crippen LogP contribution is 2.27. The lowest BCUT2D eigenvalue weighted by molar-refractivity contribution is 0.242. The molecule has 0 saturated heterocycles. The van der Waals surface area contributed by atoms with Crippen LogP contribution in [-0.2, 0) is 0 Å². The highest BCUT2D eigenvalue weighted by atomic mass is 16.5. The van der Waals surface area contributed by atoms with Gasteiger partial charge in [0.1, 0.15) is 5.75 Å². The largest absolute Gasteiger partial charge is 0.491 e.